The van der Waals surface area contributed by atoms with Crippen LogP contribution in [-0.2, 0) is 11.3 Å². The average molecular weight is 397 g/mol. The van der Waals surface area contributed by atoms with E-state index >= 15 is 0 Å². The molecule has 1 heterocycles. The molecule has 0 aliphatic heterocycles. The Labute approximate surface area is 152 Å². The van der Waals surface area contributed by atoms with Gasteiger partial charge in [0.15, 0.2) is 0 Å². The SMILES string of the molecule is COC(=O)c1ccc(/C(=N\NCc2ccccc2)c2ccc[se]2)cc1. The number of nitrogens with zero attached hydrogens (tertiary/aromatic N) is 1. The van der Waals surface area contributed by atoms with Gasteiger partial charge >= 0.3 is 153 Å². The Morgan fingerprint density at radius 2 is 1.72 bits per heavy atom. The van der Waals surface area contributed by atoms with Crippen LogP contribution >= 0.6 is 0 Å². The molecule has 5 heteroatoms. The van der Waals surface area contributed by atoms with Gasteiger partial charge in [-0.25, -0.2) is 0 Å². The standard InChI is InChI=1S/C20H18N2O2Se/c1-24-20(23)17-11-9-16(10-12-17)19(18-8-5-13-25-18)22-21-14-15-6-3-2-4-7-15/h2-13,21H,14H2,1H3/b22-19+. The molecule has 0 radical (unpaired) electrons. The van der Waals surface area contributed by atoms with Crippen molar-refractivity contribution in [3.63, 3.8) is 0 Å². The molecule has 0 saturated heterocycles. The Morgan fingerprint density at radius 3 is 2.36 bits per heavy atom. The quantitative estimate of drug-likeness (QED) is 0.301. The Kier molecular flexibility index (Phi) is 5.83. The number of hydrogen-bond acceptors (Lipinski definition) is 4. The first kappa shape index (κ1) is 17.2. The van der Waals surface area contributed by atoms with Gasteiger partial charge in [0.25, 0.3) is 0 Å². The molecule has 126 valence electrons. The van der Waals surface area contributed by atoms with E-state index in [1.54, 1.807) is 12.1 Å². The van der Waals surface area contributed by atoms with Gasteiger partial charge in [-0.05, 0) is 0 Å². The maximum absolute atomic E-state index is 11.6. The van der Waals surface area contributed by atoms with Crippen LogP contribution in [0.3, 0.4) is 0 Å². The van der Waals surface area contributed by atoms with E-state index in [9.17, 15) is 4.79 Å². The summed E-state index contributed by atoms with van der Waals surface area (Å²) in [6, 6.07) is 21.7. The minimum absolute atomic E-state index is 0.272. The monoisotopic (exact) mass is 398 g/mol. The van der Waals surface area contributed by atoms with Crippen LogP contribution < -0.4 is 5.43 Å². The number of carbonyl (C=O) groups excluding carboxylic acids is 1. The van der Waals surface area contributed by atoms with Crippen LogP contribution in [0.2, 0.25) is 0 Å². The van der Waals surface area contributed by atoms with E-state index in [0.29, 0.717) is 12.1 Å². The van der Waals surface area contributed by atoms with Crippen molar-refractivity contribution in [1.29, 1.82) is 0 Å². The van der Waals surface area contributed by atoms with Gasteiger partial charge in [-0.2, -0.15) is 0 Å². The molecule has 0 bridgehead atoms. The second-order valence-electron chi connectivity index (χ2n) is 5.33. The summed E-state index contributed by atoms with van der Waals surface area (Å²) in [7, 11) is 1.38. The fourth-order valence-electron chi connectivity index (χ4n) is 2.36. The first-order valence-corrected chi connectivity index (χ1v) is 9.69. The molecule has 0 spiro atoms. The van der Waals surface area contributed by atoms with Gasteiger partial charge in [0.05, 0.1) is 0 Å². The van der Waals surface area contributed by atoms with Crippen molar-refractivity contribution in [2.75, 3.05) is 7.11 Å². The molecule has 3 aromatic rings. The second kappa shape index (κ2) is 8.47. The fourth-order valence-corrected chi connectivity index (χ4v) is 3.91. The third-order valence-corrected chi connectivity index (χ3v) is 5.49. The van der Waals surface area contributed by atoms with Gasteiger partial charge in [0.1, 0.15) is 0 Å². The van der Waals surface area contributed by atoms with Gasteiger partial charge in [0.2, 0.25) is 0 Å². The number of nitrogens with one attached hydrogen (secondary N) is 1. The van der Waals surface area contributed by atoms with Crippen LogP contribution in [0.15, 0.2) is 76.8 Å². The van der Waals surface area contributed by atoms with E-state index in [2.05, 4.69) is 39.7 Å². The summed E-state index contributed by atoms with van der Waals surface area (Å²) < 4.78 is 5.96. The molecule has 0 atom stereocenters. The van der Waals surface area contributed by atoms with Crippen molar-refractivity contribution < 1.29 is 9.53 Å². The molecule has 0 fully saturated rings. The predicted molar refractivity (Wildman–Crippen MR) is 100 cm³/mol. The molecule has 4 nitrogen and oxygen atoms in total. The zero-order valence-electron chi connectivity index (χ0n) is 13.8. The maximum atomic E-state index is 11.6. The normalized spacial score (nSPS) is 11.2. The van der Waals surface area contributed by atoms with Gasteiger partial charge in [-0.1, -0.05) is 0 Å². The zero-order valence-corrected chi connectivity index (χ0v) is 15.5. The van der Waals surface area contributed by atoms with Gasteiger partial charge in [0, 0.05) is 0 Å². The van der Waals surface area contributed by atoms with Crippen LogP contribution in [0.4, 0.5) is 0 Å². The Bertz CT molecular complexity index is 841. The summed E-state index contributed by atoms with van der Waals surface area (Å²) in [5.74, 6) is -0.335. The van der Waals surface area contributed by atoms with Crippen molar-refractivity contribution in [1.82, 2.24) is 5.43 Å². The Balaban J connectivity index is 1.82. The molecule has 3 rings (SSSR count). The minimum atomic E-state index is -0.335. The molecule has 0 unspecified atom stereocenters. The predicted octanol–water partition coefficient (Wildman–Crippen LogP) is 3.07. The Morgan fingerprint density at radius 1 is 1.00 bits per heavy atom. The number of benzene rings is 2. The van der Waals surface area contributed by atoms with Gasteiger partial charge < -0.3 is 0 Å². The molecular weight excluding hydrogens is 379 g/mol. The number of esters is 1. The molecule has 1 aromatic heterocycles. The molecular formula is C20H18N2O2Se. The first-order chi connectivity index (χ1) is 12.3. The molecule has 0 aliphatic carbocycles. The fraction of sp³-hybridized carbons (Fsp3) is 0.100. The van der Waals surface area contributed by atoms with Gasteiger partial charge in [-0.3, -0.25) is 0 Å². The third-order valence-electron chi connectivity index (χ3n) is 3.65. The zero-order chi connectivity index (χ0) is 17.5. The Hall–Kier alpha value is -2.62. The van der Waals surface area contributed by atoms with Crippen LogP contribution in [-0.4, -0.2) is 33.3 Å². The summed E-state index contributed by atoms with van der Waals surface area (Å²) in [5.41, 5.74) is 6.77. The van der Waals surface area contributed by atoms with Crippen molar-refractivity contribution in [2.24, 2.45) is 5.10 Å². The van der Waals surface area contributed by atoms with Crippen LogP contribution in [0.25, 0.3) is 0 Å². The average Bonchev–Trinajstić information content (AvgIpc) is 3.20. The van der Waals surface area contributed by atoms with E-state index < -0.39 is 0 Å². The van der Waals surface area contributed by atoms with E-state index in [1.165, 1.54) is 17.1 Å². The van der Waals surface area contributed by atoms with Crippen molar-refractivity contribution in [3.05, 3.63) is 92.8 Å². The molecule has 0 aliphatic rings. The molecule has 0 amide bonds. The topological polar surface area (TPSA) is 50.7 Å². The summed E-state index contributed by atoms with van der Waals surface area (Å²) in [5, 5.41) is 4.62. The molecule has 1 N–H and O–H groups in total. The van der Waals surface area contributed by atoms with E-state index in [1.807, 2.05) is 30.3 Å². The van der Waals surface area contributed by atoms with Crippen LogP contribution in [0.1, 0.15) is 25.9 Å². The summed E-state index contributed by atoms with van der Waals surface area (Å²) in [6.45, 7) is 0.665. The summed E-state index contributed by atoms with van der Waals surface area (Å²) in [6.07, 6.45) is 0. The summed E-state index contributed by atoms with van der Waals surface area (Å²) in [4.78, 5) is 13.8. The molecule has 2 aromatic carbocycles. The first-order valence-electron chi connectivity index (χ1n) is 7.85. The number of hydrogen-bond donors (Lipinski definition) is 1. The van der Waals surface area contributed by atoms with Crippen LogP contribution in [0, 0.1) is 0 Å². The van der Waals surface area contributed by atoms with Crippen LogP contribution in [0.5, 0.6) is 0 Å². The molecule has 0 saturated carbocycles. The van der Waals surface area contributed by atoms with E-state index in [-0.39, 0.29) is 20.5 Å². The van der Waals surface area contributed by atoms with Gasteiger partial charge in [-0.15, -0.1) is 0 Å². The number of carbonyl (C=O) groups is 1. The third kappa shape index (κ3) is 4.47. The second-order valence-corrected chi connectivity index (χ2v) is 7.32. The van der Waals surface area contributed by atoms with Crippen molar-refractivity contribution in [2.45, 2.75) is 6.54 Å². The number of hydrazone groups is 1. The molecule has 25 heavy (non-hydrogen) atoms. The van der Waals surface area contributed by atoms with Crippen molar-refractivity contribution in [3.8, 4) is 0 Å². The number of ether oxygens (including phenoxy) is 1. The summed E-state index contributed by atoms with van der Waals surface area (Å²) >= 11 is 0.272. The number of rotatable bonds is 6. The van der Waals surface area contributed by atoms with E-state index in [0.717, 1.165) is 11.3 Å². The van der Waals surface area contributed by atoms with Crippen molar-refractivity contribution >= 4 is 26.2 Å². The number of methoxy groups -OCH3 is 1. The van der Waals surface area contributed by atoms with E-state index in [4.69, 9.17) is 4.74 Å².